The monoisotopic (exact) mass is 355 g/mol. The van der Waals surface area contributed by atoms with Gasteiger partial charge in [0.05, 0.1) is 11.5 Å². The largest absolute Gasteiger partial charge is 0.399 e. The third-order valence-electron chi connectivity index (χ3n) is 2.51. The fraction of sp³-hybridized carbons (Fsp3) is 0.0833. The molecule has 1 amide bonds. The van der Waals surface area contributed by atoms with Gasteiger partial charge in [0.2, 0.25) is 0 Å². The van der Waals surface area contributed by atoms with Crippen LogP contribution in [0.5, 0.6) is 0 Å². The molecule has 0 atom stereocenters. The zero-order valence-electron chi connectivity index (χ0n) is 10.1. The number of carbonyl (C=O) groups excluding carboxylic acids is 1. The molecule has 3 N–H and O–H groups in total. The van der Waals surface area contributed by atoms with Gasteiger partial charge in [-0.25, -0.2) is 0 Å². The van der Waals surface area contributed by atoms with Gasteiger partial charge in [0, 0.05) is 26.5 Å². The lowest BCUT2D eigenvalue weighted by molar-refractivity contribution is -0.385. The van der Waals surface area contributed by atoms with E-state index < -0.39 is 10.8 Å². The van der Waals surface area contributed by atoms with Gasteiger partial charge in [0.1, 0.15) is 5.56 Å². The van der Waals surface area contributed by atoms with E-state index in [9.17, 15) is 14.9 Å². The summed E-state index contributed by atoms with van der Waals surface area (Å²) in [6, 6.07) is 5.80. The van der Waals surface area contributed by atoms with E-state index in [2.05, 4.69) is 21.2 Å². The van der Waals surface area contributed by atoms with Gasteiger partial charge in [0.15, 0.2) is 0 Å². The number of hydrogen-bond acceptors (Lipinski definition) is 5. The third kappa shape index (κ3) is 3.34. The van der Waals surface area contributed by atoms with Gasteiger partial charge >= 0.3 is 0 Å². The van der Waals surface area contributed by atoms with Gasteiger partial charge in [-0.2, -0.15) is 0 Å². The first-order valence-electron chi connectivity index (χ1n) is 5.52. The first-order chi connectivity index (χ1) is 9.47. The highest BCUT2D eigenvalue weighted by Crippen LogP contribution is 2.22. The maximum absolute atomic E-state index is 12.0. The predicted octanol–water partition coefficient (Wildman–Crippen LogP) is 2.93. The highest BCUT2D eigenvalue weighted by atomic mass is 79.9. The molecule has 0 saturated heterocycles. The fourth-order valence-corrected chi connectivity index (χ4v) is 2.99. The van der Waals surface area contributed by atoms with E-state index >= 15 is 0 Å². The van der Waals surface area contributed by atoms with Crippen LogP contribution in [-0.4, -0.2) is 10.8 Å². The van der Waals surface area contributed by atoms with Crippen molar-refractivity contribution in [3.63, 3.8) is 0 Å². The summed E-state index contributed by atoms with van der Waals surface area (Å²) < 4.78 is 0.932. The molecule has 1 aromatic carbocycles. The zero-order valence-corrected chi connectivity index (χ0v) is 12.5. The molecule has 20 heavy (non-hydrogen) atoms. The number of nitrogens with one attached hydrogen (secondary N) is 1. The van der Waals surface area contributed by atoms with Crippen molar-refractivity contribution in [1.29, 1.82) is 0 Å². The zero-order chi connectivity index (χ0) is 14.7. The van der Waals surface area contributed by atoms with Crippen molar-refractivity contribution >= 4 is 44.5 Å². The molecule has 0 aliphatic carbocycles. The van der Waals surface area contributed by atoms with Gasteiger partial charge in [0.25, 0.3) is 11.6 Å². The smallest absolute Gasteiger partial charge is 0.282 e. The number of nitrogen functional groups attached to an aromatic ring is 1. The average Bonchev–Trinajstić information content (AvgIpc) is 2.81. The van der Waals surface area contributed by atoms with Crippen LogP contribution in [0, 0.1) is 10.1 Å². The van der Waals surface area contributed by atoms with Crippen LogP contribution in [0.25, 0.3) is 0 Å². The van der Waals surface area contributed by atoms with Crippen LogP contribution in [0.15, 0.2) is 34.1 Å². The number of nitrogens with two attached hydrogens (primary N) is 1. The van der Waals surface area contributed by atoms with Crippen LogP contribution in [0.2, 0.25) is 0 Å². The second-order valence-electron chi connectivity index (χ2n) is 3.95. The summed E-state index contributed by atoms with van der Waals surface area (Å²) in [7, 11) is 0. The lowest BCUT2D eigenvalue weighted by Crippen LogP contribution is -2.23. The van der Waals surface area contributed by atoms with Crippen molar-refractivity contribution in [2.45, 2.75) is 6.54 Å². The van der Waals surface area contributed by atoms with Crippen LogP contribution in [0.4, 0.5) is 11.4 Å². The lowest BCUT2D eigenvalue weighted by atomic mass is 10.1. The molecule has 104 valence electrons. The molecule has 0 aliphatic rings. The van der Waals surface area contributed by atoms with E-state index in [0.29, 0.717) is 12.2 Å². The molecule has 1 aromatic heterocycles. The minimum Gasteiger partial charge on any atom is -0.399 e. The predicted molar refractivity (Wildman–Crippen MR) is 80.7 cm³/mol. The highest BCUT2D eigenvalue weighted by molar-refractivity contribution is 9.10. The first kappa shape index (κ1) is 14.5. The summed E-state index contributed by atoms with van der Waals surface area (Å²) in [6.07, 6.45) is 0. The molecule has 0 aliphatic heterocycles. The van der Waals surface area contributed by atoms with E-state index in [1.807, 2.05) is 11.4 Å². The standard InChI is InChI=1S/C12H10BrN3O3S/c13-7-3-9(20-6-7)5-15-12(17)10-4-8(14)1-2-11(10)16(18)19/h1-4,6H,5,14H2,(H,15,17). The Balaban J connectivity index is 2.16. The number of benzene rings is 1. The SMILES string of the molecule is Nc1ccc([N+](=O)[O-])c(C(=O)NCc2cc(Br)cs2)c1. The maximum Gasteiger partial charge on any atom is 0.282 e. The number of hydrogen-bond donors (Lipinski definition) is 2. The second-order valence-corrected chi connectivity index (χ2v) is 5.86. The summed E-state index contributed by atoms with van der Waals surface area (Å²) in [5.74, 6) is -0.520. The summed E-state index contributed by atoms with van der Waals surface area (Å²) >= 11 is 4.80. The number of halogens is 1. The van der Waals surface area contributed by atoms with Crippen LogP contribution in [0.3, 0.4) is 0 Å². The molecule has 6 nitrogen and oxygen atoms in total. The highest BCUT2D eigenvalue weighted by Gasteiger charge is 2.20. The van der Waals surface area contributed by atoms with Crippen LogP contribution >= 0.6 is 27.3 Å². The quantitative estimate of drug-likeness (QED) is 0.500. The summed E-state index contributed by atoms with van der Waals surface area (Å²) in [6.45, 7) is 0.307. The molecular formula is C12H10BrN3O3S. The molecule has 2 aromatic rings. The molecule has 8 heteroatoms. The van der Waals surface area contributed by atoms with Gasteiger partial charge < -0.3 is 11.1 Å². The second kappa shape index (κ2) is 6.02. The molecule has 2 rings (SSSR count). The van der Waals surface area contributed by atoms with E-state index in [1.54, 1.807) is 0 Å². The first-order valence-corrected chi connectivity index (χ1v) is 7.19. The fourth-order valence-electron chi connectivity index (χ4n) is 1.60. The number of amides is 1. The molecule has 0 spiro atoms. The Labute approximate surface area is 126 Å². The molecule has 0 saturated carbocycles. The van der Waals surface area contributed by atoms with E-state index in [1.165, 1.54) is 29.5 Å². The molecule has 0 radical (unpaired) electrons. The van der Waals surface area contributed by atoms with Crippen molar-refractivity contribution in [3.05, 3.63) is 54.7 Å². The third-order valence-corrected chi connectivity index (χ3v) is 4.20. The Morgan fingerprint density at radius 3 is 2.80 bits per heavy atom. The molecule has 0 bridgehead atoms. The Kier molecular flexibility index (Phi) is 4.35. The lowest BCUT2D eigenvalue weighted by Gasteiger charge is -2.05. The number of rotatable bonds is 4. The van der Waals surface area contributed by atoms with Crippen LogP contribution in [0.1, 0.15) is 15.2 Å². The summed E-state index contributed by atoms with van der Waals surface area (Å²) in [5.41, 5.74) is 5.58. The summed E-state index contributed by atoms with van der Waals surface area (Å²) in [4.78, 5) is 23.3. The normalized spacial score (nSPS) is 10.2. The van der Waals surface area contributed by atoms with Crippen LogP contribution in [-0.2, 0) is 6.54 Å². The number of carbonyl (C=O) groups is 1. The topological polar surface area (TPSA) is 98.3 Å². The Bertz CT molecular complexity index is 672. The summed E-state index contributed by atoms with van der Waals surface area (Å²) in [5, 5.41) is 15.4. The van der Waals surface area contributed by atoms with Gasteiger partial charge in [-0.3, -0.25) is 14.9 Å². The van der Waals surface area contributed by atoms with Crippen molar-refractivity contribution in [2.24, 2.45) is 0 Å². The number of thiophene rings is 1. The number of anilines is 1. The minimum atomic E-state index is -0.601. The Morgan fingerprint density at radius 1 is 1.45 bits per heavy atom. The Morgan fingerprint density at radius 2 is 2.20 bits per heavy atom. The van der Waals surface area contributed by atoms with E-state index in [-0.39, 0.29) is 11.3 Å². The average molecular weight is 356 g/mol. The Hall–Kier alpha value is -1.93. The van der Waals surface area contributed by atoms with E-state index in [4.69, 9.17) is 5.73 Å². The van der Waals surface area contributed by atoms with Crippen LogP contribution < -0.4 is 11.1 Å². The number of nitro benzene ring substituents is 1. The number of nitro groups is 1. The molecular weight excluding hydrogens is 346 g/mol. The van der Waals surface area contributed by atoms with Crippen molar-refractivity contribution < 1.29 is 9.72 Å². The van der Waals surface area contributed by atoms with Crippen molar-refractivity contribution in [3.8, 4) is 0 Å². The molecule has 0 unspecified atom stereocenters. The van der Waals surface area contributed by atoms with E-state index in [0.717, 1.165) is 9.35 Å². The minimum absolute atomic E-state index is 0.0365. The molecule has 0 fully saturated rings. The van der Waals surface area contributed by atoms with Crippen molar-refractivity contribution in [2.75, 3.05) is 5.73 Å². The van der Waals surface area contributed by atoms with Gasteiger partial charge in [-0.1, -0.05) is 0 Å². The van der Waals surface area contributed by atoms with Gasteiger partial charge in [-0.15, -0.1) is 11.3 Å². The number of nitrogens with zero attached hydrogens (tertiary/aromatic N) is 1. The maximum atomic E-state index is 12.0. The molecule has 1 heterocycles. The van der Waals surface area contributed by atoms with Crippen molar-refractivity contribution in [1.82, 2.24) is 5.32 Å². The van der Waals surface area contributed by atoms with Gasteiger partial charge in [-0.05, 0) is 34.1 Å².